The van der Waals surface area contributed by atoms with E-state index in [0.717, 1.165) is 11.4 Å². The molecule has 3 aromatic carbocycles. The van der Waals surface area contributed by atoms with Crippen LogP contribution < -0.4 is 20.1 Å². The zero-order valence-corrected chi connectivity index (χ0v) is 17.3. The monoisotopic (exact) mass is 425 g/mol. The zero-order chi connectivity index (χ0) is 21.6. The van der Waals surface area contributed by atoms with Gasteiger partial charge in [0.2, 0.25) is 15.9 Å². The molecule has 0 fully saturated rings. The summed E-state index contributed by atoms with van der Waals surface area (Å²) in [6.45, 7) is 0.440. The molecule has 8 heteroatoms. The van der Waals surface area contributed by atoms with Gasteiger partial charge in [-0.05, 0) is 42.5 Å². The van der Waals surface area contributed by atoms with E-state index >= 15 is 0 Å². The summed E-state index contributed by atoms with van der Waals surface area (Å²) in [5.41, 5.74) is 1.23. The van der Waals surface area contributed by atoms with Crippen molar-refractivity contribution in [2.45, 2.75) is 11.3 Å². The molecule has 3 rings (SSSR count). The highest BCUT2D eigenvalue weighted by Crippen LogP contribution is 2.31. The fraction of sp³-hybridized carbons (Fsp3) is 0.136. The summed E-state index contributed by atoms with van der Waals surface area (Å²) in [6, 6.07) is 22.9. The quantitative estimate of drug-likeness (QED) is 0.574. The van der Waals surface area contributed by atoms with Crippen LogP contribution in [0, 0.1) is 0 Å². The molecule has 156 valence electrons. The van der Waals surface area contributed by atoms with Crippen molar-refractivity contribution in [2.24, 2.45) is 5.14 Å². The van der Waals surface area contributed by atoms with E-state index in [1.807, 2.05) is 66.5 Å². The minimum atomic E-state index is -3.83. The summed E-state index contributed by atoms with van der Waals surface area (Å²) < 4.78 is 28.9. The van der Waals surface area contributed by atoms with Gasteiger partial charge in [0, 0.05) is 25.7 Å². The number of hydrogen-bond acceptors (Lipinski definition) is 5. The lowest BCUT2D eigenvalue weighted by atomic mass is 10.2. The minimum absolute atomic E-state index is 0.0515. The SMILES string of the molecule is CN(CCC(=O)Nc1cccc(S(N)(=O)=O)c1)c1ccccc1Oc1ccccc1. The number of anilines is 2. The number of nitrogens with zero attached hydrogens (tertiary/aromatic N) is 1. The third kappa shape index (κ3) is 5.82. The van der Waals surface area contributed by atoms with Crippen LogP contribution in [0.4, 0.5) is 11.4 Å². The molecule has 0 saturated carbocycles. The number of carbonyl (C=O) groups is 1. The molecule has 30 heavy (non-hydrogen) atoms. The van der Waals surface area contributed by atoms with E-state index in [9.17, 15) is 13.2 Å². The van der Waals surface area contributed by atoms with E-state index in [0.29, 0.717) is 18.0 Å². The van der Waals surface area contributed by atoms with Crippen LogP contribution in [0.15, 0.2) is 83.8 Å². The molecule has 0 saturated heterocycles. The van der Waals surface area contributed by atoms with Crippen LogP contribution in [-0.4, -0.2) is 27.9 Å². The minimum Gasteiger partial charge on any atom is -0.455 e. The fourth-order valence-electron chi connectivity index (χ4n) is 2.84. The van der Waals surface area contributed by atoms with E-state index in [1.54, 1.807) is 6.07 Å². The Kier molecular flexibility index (Phi) is 6.71. The number of primary sulfonamides is 1. The lowest BCUT2D eigenvalue weighted by molar-refractivity contribution is -0.116. The largest absolute Gasteiger partial charge is 0.455 e. The molecule has 0 radical (unpaired) electrons. The van der Waals surface area contributed by atoms with Gasteiger partial charge >= 0.3 is 0 Å². The number of hydrogen-bond donors (Lipinski definition) is 2. The molecule has 3 N–H and O–H groups in total. The summed E-state index contributed by atoms with van der Waals surface area (Å²) in [7, 11) is -1.95. The molecule has 0 aromatic heterocycles. The van der Waals surface area contributed by atoms with Gasteiger partial charge in [0.25, 0.3) is 0 Å². The summed E-state index contributed by atoms with van der Waals surface area (Å²) in [6.07, 6.45) is 0.204. The number of nitrogens with one attached hydrogen (secondary N) is 1. The molecule has 0 aliphatic carbocycles. The maximum atomic E-state index is 12.3. The summed E-state index contributed by atoms with van der Waals surface area (Å²) in [5, 5.41) is 7.83. The number of rotatable bonds is 8. The highest BCUT2D eigenvalue weighted by Gasteiger charge is 2.12. The number of sulfonamides is 1. The van der Waals surface area contributed by atoms with Crippen LogP contribution in [0.1, 0.15) is 6.42 Å². The Morgan fingerprint density at radius 1 is 1.00 bits per heavy atom. The van der Waals surface area contributed by atoms with Crippen LogP contribution in [0.25, 0.3) is 0 Å². The van der Waals surface area contributed by atoms with Gasteiger partial charge < -0.3 is 15.0 Å². The van der Waals surface area contributed by atoms with Crippen LogP contribution >= 0.6 is 0 Å². The van der Waals surface area contributed by atoms with E-state index in [4.69, 9.17) is 9.88 Å². The van der Waals surface area contributed by atoms with Gasteiger partial charge in [0.1, 0.15) is 5.75 Å². The van der Waals surface area contributed by atoms with Crippen molar-refractivity contribution < 1.29 is 17.9 Å². The maximum Gasteiger partial charge on any atom is 0.238 e. The van der Waals surface area contributed by atoms with Gasteiger partial charge in [-0.25, -0.2) is 13.6 Å². The molecule has 1 amide bonds. The van der Waals surface area contributed by atoms with Gasteiger partial charge in [-0.1, -0.05) is 36.4 Å². The highest BCUT2D eigenvalue weighted by atomic mass is 32.2. The number of ether oxygens (including phenoxy) is 1. The first-order valence-electron chi connectivity index (χ1n) is 9.29. The Morgan fingerprint density at radius 3 is 2.43 bits per heavy atom. The van der Waals surface area contributed by atoms with Gasteiger partial charge in [0.15, 0.2) is 5.75 Å². The zero-order valence-electron chi connectivity index (χ0n) is 16.5. The number of benzene rings is 3. The van der Waals surface area contributed by atoms with Crippen molar-refractivity contribution >= 4 is 27.3 Å². The molecule has 3 aromatic rings. The second-order valence-corrected chi connectivity index (χ2v) is 8.24. The van der Waals surface area contributed by atoms with Crippen molar-refractivity contribution in [3.63, 3.8) is 0 Å². The van der Waals surface area contributed by atoms with Gasteiger partial charge in [0.05, 0.1) is 10.6 Å². The second-order valence-electron chi connectivity index (χ2n) is 6.68. The molecule has 0 aliphatic rings. The Hall–Kier alpha value is -3.36. The molecule has 0 atom stereocenters. The molecular weight excluding hydrogens is 402 g/mol. The van der Waals surface area contributed by atoms with Crippen molar-refractivity contribution in [3.8, 4) is 11.5 Å². The number of carbonyl (C=O) groups excluding carboxylic acids is 1. The third-order valence-electron chi connectivity index (χ3n) is 4.37. The van der Waals surface area contributed by atoms with Crippen LogP contribution in [-0.2, 0) is 14.8 Å². The van der Waals surface area contributed by atoms with Gasteiger partial charge in [-0.3, -0.25) is 4.79 Å². The Balaban J connectivity index is 1.62. The molecule has 0 aliphatic heterocycles. The Bertz CT molecular complexity index is 1120. The standard InChI is InChI=1S/C22H23N3O4S/c1-25(20-12-5-6-13-21(20)29-18-9-3-2-4-10-18)15-14-22(26)24-17-8-7-11-19(16-17)30(23,27)28/h2-13,16H,14-15H2,1H3,(H,24,26)(H2,23,27,28). The maximum absolute atomic E-state index is 12.3. The average Bonchev–Trinajstić information content (AvgIpc) is 2.73. The Labute approximate surface area is 176 Å². The molecule has 0 heterocycles. The number of amides is 1. The highest BCUT2D eigenvalue weighted by molar-refractivity contribution is 7.89. The number of para-hydroxylation sites is 3. The van der Waals surface area contributed by atoms with Gasteiger partial charge in [-0.15, -0.1) is 0 Å². The second kappa shape index (κ2) is 9.43. The first kappa shape index (κ1) is 21.4. The first-order chi connectivity index (χ1) is 14.3. The number of nitrogens with two attached hydrogens (primary N) is 1. The predicted molar refractivity (Wildman–Crippen MR) is 117 cm³/mol. The van der Waals surface area contributed by atoms with E-state index in [-0.39, 0.29) is 17.2 Å². The van der Waals surface area contributed by atoms with Crippen LogP contribution in [0.5, 0.6) is 11.5 Å². The third-order valence-corrected chi connectivity index (χ3v) is 5.28. The van der Waals surface area contributed by atoms with E-state index < -0.39 is 10.0 Å². The lowest BCUT2D eigenvalue weighted by Gasteiger charge is -2.22. The smallest absolute Gasteiger partial charge is 0.238 e. The molecule has 7 nitrogen and oxygen atoms in total. The molecule has 0 unspecified atom stereocenters. The fourth-order valence-corrected chi connectivity index (χ4v) is 3.40. The van der Waals surface area contributed by atoms with Crippen molar-refractivity contribution in [3.05, 3.63) is 78.9 Å². The van der Waals surface area contributed by atoms with Crippen LogP contribution in [0.3, 0.4) is 0 Å². The van der Waals surface area contributed by atoms with E-state index in [2.05, 4.69) is 5.32 Å². The normalized spacial score (nSPS) is 11.0. The summed E-state index contributed by atoms with van der Waals surface area (Å²) in [5.74, 6) is 1.17. The molecule has 0 spiro atoms. The summed E-state index contributed by atoms with van der Waals surface area (Å²) >= 11 is 0. The topological polar surface area (TPSA) is 102 Å². The Morgan fingerprint density at radius 2 is 1.70 bits per heavy atom. The average molecular weight is 426 g/mol. The first-order valence-corrected chi connectivity index (χ1v) is 10.8. The molecular formula is C22H23N3O4S. The van der Waals surface area contributed by atoms with Crippen molar-refractivity contribution in [2.75, 3.05) is 23.8 Å². The summed E-state index contributed by atoms with van der Waals surface area (Å²) in [4.78, 5) is 14.2. The van der Waals surface area contributed by atoms with E-state index in [1.165, 1.54) is 18.2 Å². The van der Waals surface area contributed by atoms with Gasteiger partial charge in [-0.2, -0.15) is 0 Å². The van der Waals surface area contributed by atoms with Crippen molar-refractivity contribution in [1.29, 1.82) is 0 Å². The van der Waals surface area contributed by atoms with Crippen molar-refractivity contribution in [1.82, 2.24) is 0 Å². The predicted octanol–water partition coefficient (Wildman–Crippen LogP) is 3.59. The lowest BCUT2D eigenvalue weighted by Crippen LogP contribution is -2.24. The van der Waals surface area contributed by atoms with Crippen LogP contribution in [0.2, 0.25) is 0 Å². The molecule has 0 bridgehead atoms.